The third-order valence-electron chi connectivity index (χ3n) is 3.09. The maximum Gasteiger partial charge on any atom is 0.407 e. The van der Waals surface area contributed by atoms with Gasteiger partial charge < -0.3 is 15.2 Å². The molecule has 1 aromatic carbocycles. The molecule has 0 unspecified atom stereocenters. The number of nitrogens with one attached hydrogen (secondary N) is 1. The summed E-state index contributed by atoms with van der Waals surface area (Å²) >= 11 is 10.1. The topological polar surface area (TPSA) is 58.6 Å². The van der Waals surface area contributed by atoms with E-state index in [2.05, 4.69) is 53.1 Å². The van der Waals surface area contributed by atoms with Crippen LogP contribution in [0.3, 0.4) is 0 Å². The van der Waals surface area contributed by atoms with Crippen LogP contribution in [0.15, 0.2) is 19.5 Å². The third-order valence-corrected chi connectivity index (χ3v) is 5.15. The van der Waals surface area contributed by atoms with E-state index in [0.717, 1.165) is 10.0 Å². The van der Waals surface area contributed by atoms with E-state index in [1.54, 1.807) is 6.07 Å². The molecular formula is C12H13Br3ClNO3. The largest absolute Gasteiger partial charge is 0.506 e. The molecule has 1 saturated heterocycles. The maximum atomic E-state index is 11.5. The lowest BCUT2D eigenvalue weighted by Gasteiger charge is -2.39. The SMILES string of the molecule is CC1(C)COC(=O)N[C@@H]1c1c(Br)cc(Br)c(O)c1Br.Cl. The molecule has 0 saturated carbocycles. The number of cyclic esters (lactones) is 1. The number of carbonyl (C=O) groups is 1. The van der Waals surface area contributed by atoms with Crippen LogP contribution in [0.4, 0.5) is 4.79 Å². The molecule has 1 amide bonds. The van der Waals surface area contributed by atoms with Gasteiger partial charge in [0.05, 0.1) is 15.0 Å². The minimum Gasteiger partial charge on any atom is -0.506 e. The first-order chi connectivity index (χ1) is 8.74. The molecule has 0 aliphatic carbocycles. The first kappa shape index (κ1) is 18.1. The summed E-state index contributed by atoms with van der Waals surface area (Å²) in [5, 5.41) is 12.8. The Kier molecular flexibility index (Phi) is 5.80. The van der Waals surface area contributed by atoms with Crippen LogP contribution in [0.25, 0.3) is 0 Å². The molecule has 8 heteroatoms. The normalized spacial score (nSPS) is 20.6. The zero-order chi connectivity index (χ0) is 14.4. The number of ether oxygens (including phenoxy) is 1. The Bertz CT molecular complexity index is 551. The van der Waals surface area contributed by atoms with E-state index in [9.17, 15) is 9.90 Å². The predicted octanol–water partition coefficient (Wildman–Crippen LogP) is 4.91. The van der Waals surface area contributed by atoms with Crippen molar-refractivity contribution in [2.24, 2.45) is 5.41 Å². The standard InChI is InChI=1S/C12H12Br3NO3.ClH/c1-12(2)4-19-11(18)16-10(12)7-5(13)3-6(14)9(17)8(7)15;/h3,10,17H,4H2,1-2H3,(H,16,18);1H/t10-;/m1./s1. The van der Waals surface area contributed by atoms with Crippen molar-refractivity contribution in [2.45, 2.75) is 19.9 Å². The average Bonchev–Trinajstić information content (AvgIpc) is 2.31. The Hall–Kier alpha value is 0.0200. The first-order valence-corrected chi connectivity index (χ1v) is 7.91. The zero-order valence-electron chi connectivity index (χ0n) is 10.7. The summed E-state index contributed by atoms with van der Waals surface area (Å²) in [4.78, 5) is 11.5. The molecule has 1 fully saturated rings. The van der Waals surface area contributed by atoms with E-state index >= 15 is 0 Å². The van der Waals surface area contributed by atoms with Crippen LogP contribution in [-0.2, 0) is 4.74 Å². The third kappa shape index (κ3) is 3.26. The van der Waals surface area contributed by atoms with Gasteiger partial charge >= 0.3 is 6.09 Å². The summed E-state index contributed by atoms with van der Waals surface area (Å²) < 4.78 is 6.95. The van der Waals surface area contributed by atoms with Crippen LogP contribution in [0.1, 0.15) is 25.5 Å². The van der Waals surface area contributed by atoms with Gasteiger partial charge in [-0.15, -0.1) is 12.4 Å². The van der Waals surface area contributed by atoms with E-state index in [-0.39, 0.29) is 29.6 Å². The molecule has 1 heterocycles. The minimum atomic E-state index is -0.453. The van der Waals surface area contributed by atoms with Gasteiger partial charge in [0.25, 0.3) is 0 Å². The van der Waals surface area contributed by atoms with Crippen LogP contribution in [0.2, 0.25) is 0 Å². The maximum absolute atomic E-state index is 11.5. The number of phenols is 1. The number of rotatable bonds is 1. The number of benzene rings is 1. The van der Waals surface area contributed by atoms with Crippen molar-refractivity contribution < 1.29 is 14.6 Å². The van der Waals surface area contributed by atoms with Crippen molar-refractivity contribution >= 4 is 66.3 Å². The molecule has 112 valence electrons. The van der Waals surface area contributed by atoms with E-state index in [1.165, 1.54) is 0 Å². The summed E-state index contributed by atoms with van der Waals surface area (Å²) in [7, 11) is 0. The van der Waals surface area contributed by atoms with Gasteiger partial charge in [0, 0.05) is 15.5 Å². The number of hydrogen-bond acceptors (Lipinski definition) is 3. The molecule has 0 radical (unpaired) electrons. The van der Waals surface area contributed by atoms with Gasteiger partial charge in [0.15, 0.2) is 0 Å². The number of amides is 1. The van der Waals surface area contributed by atoms with Gasteiger partial charge in [0.2, 0.25) is 0 Å². The fraction of sp³-hybridized carbons (Fsp3) is 0.417. The number of hydrogen-bond donors (Lipinski definition) is 2. The molecule has 1 aliphatic rings. The highest BCUT2D eigenvalue weighted by molar-refractivity contribution is 9.11. The molecule has 0 aromatic heterocycles. The second-order valence-electron chi connectivity index (χ2n) is 5.06. The molecule has 0 bridgehead atoms. The predicted molar refractivity (Wildman–Crippen MR) is 89.5 cm³/mol. The van der Waals surface area contributed by atoms with E-state index in [4.69, 9.17) is 4.74 Å². The second kappa shape index (κ2) is 6.42. The van der Waals surface area contributed by atoms with Gasteiger partial charge in [-0.1, -0.05) is 29.8 Å². The Morgan fingerprint density at radius 2 is 1.95 bits per heavy atom. The highest BCUT2D eigenvalue weighted by Crippen LogP contribution is 2.47. The highest BCUT2D eigenvalue weighted by atomic mass is 79.9. The zero-order valence-corrected chi connectivity index (χ0v) is 16.2. The lowest BCUT2D eigenvalue weighted by Crippen LogP contribution is -2.47. The van der Waals surface area contributed by atoms with Gasteiger partial charge in [-0.05, 0) is 37.9 Å². The van der Waals surface area contributed by atoms with Gasteiger partial charge in [-0.25, -0.2) is 4.79 Å². The van der Waals surface area contributed by atoms with Crippen molar-refractivity contribution in [3.05, 3.63) is 25.0 Å². The van der Waals surface area contributed by atoms with Crippen LogP contribution in [0, 0.1) is 5.41 Å². The second-order valence-corrected chi connectivity index (χ2v) is 7.56. The van der Waals surface area contributed by atoms with Crippen molar-refractivity contribution in [1.82, 2.24) is 5.32 Å². The molecular weight excluding hydrogens is 481 g/mol. The van der Waals surface area contributed by atoms with Crippen molar-refractivity contribution in [2.75, 3.05) is 6.61 Å². The molecule has 1 aromatic rings. The highest BCUT2D eigenvalue weighted by Gasteiger charge is 2.40. The molecule has 20 heavy (non-hydrogen) atoms. The van der Waals surface area contributed by atoms with Crippen LogP contribution >= 0.6 is 60.2 Å². The fourth-order valence-corrected chi connectivity index (χ4v) is 4.59. The summed E-state index contributed by atoms with van der Waals surface area (Å²) in [6.07, 6.45) is -0.453. The monoisotopic (exact) mass is 491 g/mol. The molecule has 2 N–H and O–H groups in total. The molecule has 0 spiro atoms. The Labute approximate surface area is 148 Å². The fourth-order valence-electron chi connectivity index (χ4n) is 2.01. The van der Waals surface area contributed by atoms with E-state index in [0.29, 0.717) is 15.6 Å². The number of phenolic OH excluding ortho intramolecular Hbond substituents is 1. The average molecular weight is 494 g/mol. The molecule has 1 aliphatic heterocycles. The lowest BCUT2D eigenvalue weighted by molar-refractivity contribution is 0.0383. The minimum absolute atomic E-state index is 0. The summed E-state index contributed by atoms with van der Waals surface area (Å²) in [6, 6.07) is 1.49. The number of alkyl carbamates (subject to hydrolysis) is 1. The van der Waals surface area contributed by atoms with Crippen LogP contribution in [-0.4, -0.2) is 17.8 Å². The molecule has 1 atom stereocenters. The summed E-state index contributed by atoms with van der Waals surface area (Å²) in [5.74, 6) is 0.106. The summed E-state index contributed by atoms with van der Waals surface area (Å²) in [6.45, 7) is 4.31. The van der Waals surface area contributed by atoms with Crippen molar-refractivity contribution in [3.63, 3.8) is 0 Å². The number of halogens is 4. The van der Waals surface area contributed by atoms with E-state index < -0.39 is 6.09 Å². The molecule has 4 nitrogen and oxygen atoms in total. The van der Waals surface area contributed by atoms with Crippen LogP contribution < -0.4 is 5.32 Å². The lowest BCUT2D eigenvalue weighted by atomic mass is 9.80. The smallest absolute Gasteiger partial charge is 0.407 e. The number of aromatic hydroxyl groups is 1. The number of carbonyl (C=O) groups excluding carboxylic acids is 1. The summed E-state index contributed by atoms with van der Waals surface area (Å²) in [5.41, 5.74) is 0.501. The Morgan fingerprint density at radius 1 is 1.35 bits per heavy atom. The van der Waals surface area contributed by atoms with Crippen LogP contribution in [0.5, 0.6) is 5.75 Å². The van der Waals surface area contributed by atoms with Gasteiger partial charge in [0.1, 0.15) is 12.4 Å². The van der Waals surface area contributed by atoms with Crippen molar-refractivity contribution in [1.29, 1.82) is 0 Å². The molecule has 2 rings (SSSR count). The quantitative estimate of drug-likeness (QED) is 0.584. The van der Waals surface area contributed by atoms with Gasteiger partial charge in [-0.2, -0.15) is 0 Å². The van der Waals surface area contributed by atoms with Crippen molar-refractivity contribution in [3.8, 4) is 5.75 Å². The Balaban J connectivity index is 0.00000200. The van der Waals surface area contributed by atoms with E-state index in [1.807, 2.05) is 13.8 Å². The first-order valence-electron chi connectivity index (χ1n) is 5.53. The van der Waals surface area contributed by atoms with Gasteiger partial charge in [-0.3, -0.25) is 0 Å². The Morgan fingerprint density at radius 3 is 2.55 bits per heavy atom.